The van der Waals surface area contributed by atoms with Crippen molar-refractivity contribution in [1.82, 2.24) is 14.2 Å². The number of hydrogen-bond acceptors (Lipinski definition) is 6. The van der Waals surface area contributed by atoms with Crippen LogP contribution in [0.5, 0.6) is 11.5 Å². The maximum absolute atomic E-state index is 14.7. The van der Waals surface area contributed by atoms with Crippen LogP contribution in [0.4, 0.5) is 15.9 Å². The second kappa shape index (κ2) is 11.0. The summed E-state index contributed by atoms with van der Waals surface area (Å²) in [5.41, 5.74) is 0.337. The number of benzene rings is 2. The Balaban J connectivity index is 1.82. The van der Waals surface area contributed by atoms with E-state index in [0.717, 1.165) is 17.1 Å². The Morgan fingerprint density at radius 3 is 2.55 bits per heavy atom. The summed E-state index contributed by atoms with van der Waals surface area (Å²) in [5.74, 6) is -0.940. The van der Waals surface area contributed by atoms with E-state index < -0.39 is 27.3 Å². The van der Waals surface area contributed by atoms with Crippen molar-refractivity contribution in [3.8, 4) is 11.5 Å². The van der Waals surface area contributed by atoms with Crippen LogP contribution in [-0.4, -0.2) is 43.3 Å². The zero-order chi connectivity index (χ0) is 27.8. The fourth-order valence-electron chi connectivity index (χ4n) is 3.76. The molecule has 1 aromatic heterocycles. The van der Waals surface area contributed by atoms with E-state index in [0.29, 0.717) is 9.13 Å². The van der Waals surface area contributed by atoms with Gasteiger partial charge in [-0.25, -0.2) is 17.1 Å². The summed E-state index contributed by atoms with van der Waals surface area (Å²) in [5, 5.41) is 5.84. The number of sulfonamides is 1. The lowest BCUT2D eigenvalue weighted by Crippen LogP contribution is -2.31. The molecule has 2 N–H and O–H groups in total. The summed E-state index contributed by atoms with van der Waals surface area (Å²) in [6.07, 6.45) is 1.67. The molecule has 0 bridgehead atoms. The third-order valence-electron chi connectivity index (χ3n) is 6.11. The maximum Gasteiger partial charge on any atom is 0.259 e. The molecule has 2 aromatic carbocycles. The zero-order valence-corrected chi connectivity index (χ0v) is 24.3. The number of nitrogens with zero attached hydrogens (tertiary/aromatic N) is 2. The molecule has 202 valence electrons. The molecular weight excluding hydrogens is 626 g/mol. The van der Waals surface area contributed by atoms with Crippen LogP contribution in [0.15, 0.2) is 47.3 Å². The number of hydrogen-bond donors (Lipinski definition) is 2. The topological polar surface area (TPSA) is 110 Å². The van der Waals surface area contributed by atoms with Crippen molar-refractivity contribution < 1.29 is 22.3 Å². The molecule has 38 heavy (non-hydrogen) atoms. The number of rotatable bonds is 9. The summed E-state index contributed by atoms with van der Waals surface area (Å²) < 4.78 is 48.7. The predicted octanol–water partition coefficient (Wildman–Crippen LogP) is 4.26. The van der Waals surface area contributed by atoms with E-state index in [1.807, 2.05) is 22.6 Å². The number of ether oxygens (including phenoxy) is 1. The smallest absolute Gasteiger partial charge is 0.259 e. The van der Waals surface area contributed by atoms with Gasteiger partial charge in [0.05, 0.1) is 17.0 Å². The molecule has 1 aliphatic carbocycles. The minimum Gasteiger partial charge on any atom is -0.456 e. The van der Waals surface area contributed by atoms with Gasteiger partial charge >= 0.3 is 0 Å². The van der Waals surface area contributed by atoms with E-state index in [-0.39, 0.29) is 45.9 Å². The summed E-state index contributed by atoms with van der Waals surface area (Å²) >= 11 is 1.99. The van der Waals surface area contributed by atoms with E-state index >= 15 is 0 Å². The lowest BCUT2D eigenvalue weighted by atomic mass is 10.1. The summed E-state index contributed by atoms with van der Waals surface area (Å²) in [6.45, 7) is 1.54. The van der Waals surface area contributed by atoms with Gasteiger partial charge in [0.15, 0.2) is 5.75 Å². The molecule has 4 rings (SSSR count). The third-order valence-corrected chi connectivity index (χ3v) is 8.59. The molecule has 1 fully saturated rings. The van der Waals surface area contributed by atoms with Gasteiger partial charge in [0.25, 0.3) is 11.5 Å². The van der Waals surface area contributed by atoms with Gasteiger partial charge in [-0.1, -0.05) is 12.1 Å². The maximum atomic E-state index is 14.7. The highest BCUT2D eigenvalue weighted by Crippen LogP contribution is 2.35. The van der Waals surface area contributed by atoms with Gasteiger partial charge in [0, 0.05) is 30.8 Å². The van der Waals surface area contributed by atoms with Gasteiger partial charge in [-0.15, -0.1) is 0 Å². The van der Waals surface area contributed by atoms with Gasteiger partial charge < -0.3 is 15.4 Å². The number of nitrogens with one attached hydrogen (secondary N) is 2. The second-order valence-corrected chi connectivity index (χ2v) is 12.8. The second-order valence-electron chi connectivity index (χ2n) is 9.33. The fraction of sp³-hybridized carbons (Fsp3) is 0.308. The van der Waals surface area contributed by atoms with Crippen molar-refractivity contribution in [3.63, 3.8) is 0 Å². The fourth-order valence-corrected chi connectivity index (χ4v) is 5.07. The van der Waals surface area contributed by atoms with Crippen molar-refractivity contribution in [2.75, 3.05) is 19.4 Å². The highest BCUT2D eigenvalue weighted by molar-refractivity contribution is 14.1. The molecule has 12 heteroatoms. The van der Waals surface area contributed by atoms with Crippen molar-refractivity contribution in [3.05, 3.63) is 78.9 Å². The van der Waals surface area contributed by atoms with E-state index in [4.69, 9.17) is 4.74 Å². The molecule has 0 unspecified atom stereocenters. The van der Waals surface area contributed by atoms with Gasteiger partial charge in [-0.3, -0.25) is 14.2 Å². The Bertz CT molecular complexity index is 1570. The van der Waals surface area contributed by atoms with Crippen LogP contribution in [0.2, 0.25) is 0 Å². The Morgan fingerprint density at radius 2 is 1.92 bits per heavy atom. The first kappa shape index (κ1) is 28.0. The quantitative estimate of drug-likeness (QED) is 0.334. The van der Waals surface area contributed by atoms with Crippen LogP contribution in [0.25, 0.3) is 0 Å². The van der Waals surface area contributed by atoms with E-state index in [9.17, 15) is 22.4 Å². The largest absolute Gasteiger partial charge is 0.456 e. The van der Waals surface area contributed by atoms with E-state index in [1.165, 1.54) is 37.8 Å². The molecule has 9 nitrogen and oxygen atoms in total. The molecule has 0 aliphatic heterocycles. The third kappa shape index (κ3) is 6.18. The first-order chi connectivity index (χ1) is 17.9. The Hall–Kier alpha value is -2.97. The molecule has 1 amide bonds. The first-order valence-electron chi connectivity index (χ1n) is 11.8. The molecule has 1 aliphatic rings. The molecule has 3 aromatic rings. The van der Waals surface area contributed by atoms with E-state index in [2.05, 4.69) is 10.6 Å². The number of carbonyl (C=O) groups is 1. The number of carbonyl (C=O) groups excluding carboxylic acids is 1. The number of aromatic nitrogens is 1. The molecule has 0 saturated heterocycles. The molecular formula is C26H28FIN4O5S. The number of pyridine rings is 1. The van der Waals surface area contributed by atoms with Crippen molar-refractivity contribution in [2.45, 2.75) is 31.6 Å². The molecule has 0 spiro atoms. The van der Waals surface area contributed by atoms with Crippen molar-refractivity contribution in [1.29, 1.82) is 0 Å². The Morgan fingerprint density at radius 1 is 1.21 bits per heavy atom. The normalized spacial score (nSPS) is 13.4. The van der Waals surface area contributed by atoms with Crippen LogP contribution in [0.1, 0.15) is 34.3 Å². The standard InChI is InChI=1S/C26H28FIN4O5S/c1-15-23(37-19-7-5-6-16(12-19)14-38(35,36)31(2)3)22(25(33)29-18-9-10-18)24(32(4)26(15)34)30-21-11-8-17(28)13-20(21)27/h5-8,11-13,18,30H,9-10,14H2,1-4H3,(H,29,33). The van der Waals surface area contributed by atoms with Crippen LogP contribution < -0.4 is 20.9 Å². The highest BCUT2D eigenvalue weighted by atomic mass is 127. The van der Waals surface area contributed by atoms with Gasteiger partial charge in [-0.05, 0) is 78.3 Å². The van der Waals surface area contributed by atoms with Crippen LogP contribution in [-0.2, 0) is 22.8 Å². The average Bonchev–Trinajstić information content (AvgIpc) is 3.66. The monoisotopic (exact) mass is 654 g/mol. The van der Waals surface area contributed by atoms with Gasteiger partial charge in [0.2, 0.25) is 10.0 Å². The number of amides is 1. The van der Waals surface area contributed by atoms with Gasteiger partial charge in [-0.2, -0.15) is 0 Å². The predicted molar refractivity (Wildman–Crippen MR) is 152 cm³/mol. The highest BCUT2D eigenvalue weighted by Gasteiger charge is 2.30. The first-order valence-corrected chi connectivity index (χ1v) is 14.5. The average molecular weight is 655 g/mol. The van der Waals surface area contributed by atoms with Crippen LogP contribution in [0.3, 0.4) is 0 Å². The minimum atomic E-state index is -3.52. The zero-order valence-electron chi connectivity index (χ0n) is 21.3. The van der Waals surface area contributed by atoms with Crippen molar-refractivity contribution in [2.24, 2.45) is 7.05 Å². The molecule has 1 heterocycles. The number of halogens is 2. The Kier molecular flexibility index (Phi) is 8.14. The van der Waals surface area contributed by atoms with E-state index in [1.54, 1.807) is 37.3 Å². The lowest BCUT2D eigenvalue weighted by molar-refractivity contribution is 0.0948. The molecule has 0 radical (unpaired) electrons. The van der Waals surface area contributed by atoms with Crippen LogP contribution >= 0.6 is 22.6 Å². The Labute approximate surface area is 234 Å². The molecule has 1 saturated carbocycles. The minimum absolute atomic E-state index is 0.00675. The number of anilines is 2. The van der Waals surface area contributed by atoms with Crippen molar-refractivity contribution >= 4 is 50.0 Å². The lowest BCUT2D eigenvalue weighted by Gasteiger charge is -2.21. The summed E-state index contributed by atoms with van der Waals surface area (Å²) in [6, 6.07) is 11.0. The summed E-state index contributed by atoms with van der Waals surface area (Å²) in [4.78, 5) is 26.7. The van der Waals surface area contributed by atoms with Gasteiger partial charge in [0.1, 0.15) is 22.9 Å². The SMILES string of the molecule is Cc1c(Oc2cccc(CS(=O)(=O)N(C)C)c2)c(C(=O)NC2CC2)c(Nc2ccc(I)cc2F)n(C)c1=O. The summed E-state index contributed by atoms with van der Waals surface area (Å²) in [7, 11) is 0.875. The van der Waals surface area contributed by atoms with Crippen LogP contribution in [0, 0.1) is 16.3 Å². The molecule has 0 atom stereocenters.